The Hall–Kier alpha value is -8.86. The van der Waals surface area contributed by atoms with E-state index in [9.17, 15) is 0 Å². The molecule has 0 unspecified atom stereocenters. The lowest BCUT2D eigenvalue weighted by Crippen LogP contribution is -2.28. The highest BCUT2D eigenvalue weighted by molar-refractivity contribution is 6.08. The minimum absolute atomic E-state index is 0.526. The molecule has 0 bridgehead atoms. The third-order valence-corrected chi connectivity index (χ3v) is 13.6. The topological polar surface area (TPSA) is 20.6 Å². The van der Waals surface area contributed by atoms with Crippen molar-refractivity contribution in [1.29, 1.82) is 0 Å². The average molecular weight is 858 g/mol. The number of hydrogen-bond acceptors (Lipinski definition) is 3. The molecule has 1 aromatic heterocycles. The first-order chi connectivity index (χ1) is 33.3. The van der Waals surface area contributed by atoms with Crippen molar-refractivity contribution in [3.05, 3.63) is 283 Å². The Morgan fingerprint density at radius 2 is 0.940 bits per heavy atom. The van der Waals surface area contributed by atoms with Crippen molar-refractivity contribution >= 4 is 45.2 Å². The van der Waals surface area contributed by atoms with Crippen LogP contribution in [-0.2, 0) is 5.41 Å². The minimum atomic E-state index is -0.526. The van der Waals surface area contributed by atoms with E-state index in [2.05, 4.69) is 269 Å². The third-order valence-electron chi connectivity index (χ3n) is 13.6. The first kappa shape index (κ1) is 38.6. The van der Waals surface area contributed by atoms with Gasteiger partial charge in [-0.25, -0.2) is 0 Å². The van der Waals surface area contributed by atoms with Gasteiger partial charge in [0, 0.05) is 28.4 Å². The maximum Gasteiger partial charge on any atom is 0.179 e. The largest absolute Gasteiger partial charge is 0.451 e. The maximum atomic E-state index is 7.11. The highest BCUT2D eigenvalue weighted by Crippen LogP contribution is 2.59. The molecular weight excluding hydrogens is 815 g/mol. The van der Waals surface area contributed by atoms with E-state index in [-0.39, 0.29) is 0 Å². The van der Waals surface area contributed by atoms with Crippen LogP contribution in [0.15, 0.2) is 261 Å². The molecule has 316 valence electrons. The number of para-hydroxylation sites is 5. The predicted molar refractivity (Wildman–Crippen MR) is 275 cm³/mol. The normalized spacial score (nSPS) is 13.0. The standard InChI is InChI=1S/C63H43N3O/c1-6-23-45(24-7-1)63(46-25-8-2-9-26-46)55-36-17-16-34-53(55)54-41-40-51(43-56(54)63)64(47-27-10-3-11-28-47)50-33-20-22-44(42-50)52-35-21-38-58-60(52)61-62(66(58)49-31-14-5-15-32-49)65(48-29-12-4-13-30-48)57-37-18-19-39-59(57)67-61/h1-43H. The van der Waals surface area contributed by atoms with Crippen molar-refractivity contribution in [1.82, 2.24) is 4.57 Å². The Balaban J connectivity index is 1.03. The van der Waals surface area contributed by atoms with Gasteiger partial charge in [-0.15, -0.1) is 0 Å². The molecule has 0 N–H and O–H groups in total. The molecule has 2 aliphatic rings. The third kappa shape index (κ3) is 6.00. The van der Waals surface area contributed by atoms with E-state index in [0.717, 1.165) is 73.5 Å². The van der Waals surface area contributed by atoms with Crippen molar-refractivity contribution in [2.45, 2.75) is 5.41 Å². The quantitative estimate of drug-likeness (QED) is 0.152. The lowest BCUT2D eigenvalue weighted by molar-refractivity contribution is 0.481. The van der Waals surface area contributed by atoms with Gasteiger partial charge in [-0.3, -0.25) is 9.47 Å². The summed E-state index contributed by atoms with van der Waals surface area (Å²) in [5.74, 6) is 2.59. The number of aromatic nitrogens is 1. The van der Waals surface area contributed by atoms with Gasteiger partial charge < -0.3 is 9.64 Å². The SMILES string of the molecule is c1ccc(N(c2cccc(-c3cccc4c3c3c(n4-c4ccccc4)N(c4ccccc4)c4ccccc4O3)c2)c2ccc3c(c2)C(c2ccccc2)(c2ccccc2)c2ccccc2-3)cc1. The predicted octanol–water partition coefficient (Wildman–Crippen LogP) is 16.7. The molecule has 1 aliphatic heterocycles. The number of rotatable bonds is 8. The van der Waals surface area contributed by atoms with Gasteiger partial charge in [-0.2, -0.15) is 0 Å². The van der Waals surface area contributed by atoms with Crippen LogP contribution in [0.3, 0.4) is 0 Å². The van der Waals surface area contributed by atoms with E-state index < -0.39 is 5.41 Å². The second-order valence-corrected chi connectivity index (χ2v) is 17.2. The van der Waals surface area contributed by atoms with Crippen LogP contribution in [0, 0.1) is 0 Å². The first-order valence-corrected chi connectivity index (χ1v) is 22.9. The van der Waals surface area contributed by atoms with Crippen LogP contribution in [0.1, 0.15) is 22.3 Å². The van der Waals surface area contributed by atoms with Gasteiger partial charge in [0.1, 0.15) is 0 Å². The highest BCUT2D eigenvalue weighted by Gasteiger charge is 2.46. The van der Waals surface area contributed by atoms with Crippen LogP contribution in [0.25, 0.3) is 38.8 Å². The van der Waals surface area contributed by atoms with Gasteiger partial charge in [0.15, 0.2) is 17.3 Å². The molecular formula is C63H43N3O. The summed E-state index contributed by atoms with van der Waals surface area (Å²) in [6.07, 6.45) is 0. The van der Waals surface area contributed by atoms with E-state index in [1.54, 1.807) is 0 Å². The fraction of sp³-hybridized carbons (Fsp3) is 0.0159. The summed E-state index contributed by atoms with van der Waals surface area (Å²) >= 11 is 0. The molecule has 2 heterocycles. The highest BCUT2D eigenvalue weighted by atomic mass is 16.5. The van der Waals surface area contributed by atoms with Gasteiger partial charge in [-0.1, -0.05) is 182 Å². The minimum Gasteiger partial charge on any atom is -0.451 e. The average Bonchev–Trinajstić information content (AvgIpc) is 3.90. The summed E-state index contributed by atoms with van der Waals surface area (Å²) in [5, 5.41) is 1.05. The molecule has 0 fully saturated rings. The molecule has 10 aromatic carbocycles. The Morgan fingerprint density at radius 1 is 0.388 bits per heavy atom. The molecule has 0 amide bonds. The van der Waals surface area contributed by atoms with Gasteiger partial charge in [0.2, 0.25) is 0 Å². The lowest BCUT2D eigenvalue weighted by Gasteiger charge is -2.35. The summed E-state index contributed by atoms with van der Waals surface area (Å²) in [7, 11) is 0. The summed E-state index contributed by atoms with van der Waals surface area (Å²) in [4.78, 5) is 4.75. The molecule has 13 rings (SSSR count). The molecule has 4 nitrogen and oxygen atoms in total. The molecule has 0 spiro atoms. The number of hydrogen-bond donors (Lipinski definition) is 0. The summed E-state index contributed by atoms with van der Waals surface area (Å²) in [5.41, 5.74) is 16.6. The van der Waals surface area contributed by atoms with E-state index in [0.29, 0.717) is 0 Å². The monoisotopic (exact) mass is 857 g/mol. The molecule has 67 heavy (non-hydrogen) atoms. The number of ether oxygens (including phenoxy) is 1. The van der Waals surface area contributed by atoms with E-state index in [1.807, 2.05) is 6.07 Å². The molecule has 1 aliphatic carbocycles. The molecule has 0 saturated heterocycles. The van der Waals surface area contributed by atoms with Crippen molar-refractivity contribution in [3.63, 3.8) is 0 Å². The second kappa shape index (κ2) is 15.7. The van der Waals surface area contributed by atoms with Gasteiger partial charge >= 0.3 is 0 Å². The number of nitrogens with zero attached hydrogens (tertiary/aromatic N) is 3. The van der Waals surface area contributed by atoms with Crippen LogP contribution < -0.4 is 14.5 Å². The summed E-state index contributed by atoms with van der Waals surface area (Å²) < 4.78 is 9.46. The van der Waals surface area contributed by atoms with Gasteiger partial charge in [0.25, 0.3) is 0 Å². The lowest BCUT2D eigenvalue weighted by atomic mass is 9.67. The Kier molecular flexibility index (Phi) is 9.04. The van der Waals surface area contributed by atoms with Crippen LogP contribution >= 0.6 is 0 Å². The van der Waals surface area contributed by atoms with Crippen LogP contribution in [0.4, 0.5) is 34.3 Å². The zero-order valence-electron chi connectivity index (χ0n) is 36.6. The first-order valence-electron chi connectivity index (χ1n) is 22.9. The van der Waals surface area contributed by atoms with E-state index in [4.69, 9.17) is 4.74 Å². The molecule has 0 saturated carbocycles. The Morgan fingerprint density at radius 3 is 1.67 bits per heavy atom. The number of fused-ring (bicyclic) bond motifs is 7. The fourth-order valence-electron chi connectivity index (χ4n) is 10.9. The van der Waals surface area contributed by atoms with Crippen LogP contribution in [0.5, 0.6) is 11.5 Å². The van der Waals surface area contributed by atoms with Crippen molar-refractivity contribution in [2.24, 2.45) is 0 Å². The summed E-state index contributed by atoms with van der Waals surface area (Å²) in [6, 6.07) is 94.0. The molecule has 11 aromatic rings. The molecule has 4 heteroatoms. The molecule has 0 radical (unpaired) electrons. The summed E-state index contributed by atoms with van der Waals surface area (Å²) in [6.45, 7) is 0. The molecule has 0 atom stereocenters. The zero-order chi connectivity index (χ0) is 44.3. The van der Waals surface area contributed by atoms with Crippen LogP contribution in [-0.4, -0.2) is 4.57 Å². The fourth-order valence-corrected chi connectivity index (χ4v) is 10.9. The number of anilines is 6. The van der Waals surface area contributed by atoms with Crippen molar-refractivity contribution in [3.8, 4) is 39.4 Å². The second-order valence-electron chi connectivity index (χ2n) is 17.2. The van der Waals surface area contributed by atoms with E-state index in [1.165, 1.54) is 33.4 Å². The van der Waals surface area contributed by atoms with Crippen molar-refractivity contribution in [2.75, 3.05) is 9.80 Å². The number of benzene rings is 10. The Bertz CT molecular complexity index is 3570. The zero-order valence-corrected chi connectivity index (χ0v) is 36.6. The Labute approximate surface area is 390 Å². The van der Waals surface area contributed by atoms with Gasteiger partial charge in [0.05, 0.1) is 22.0 Å². The van der Waals surface area contributed by atoms with E-state index >= 15 is 0 Å². The van der Waals surface area contributed by atoms with Crippen LogP contribution in [0.2, 0.25) is 0 Å². The maximum absolute atomic E-state index is 7.11. The van der Waals surface area contributed by atoms with Gasteiger partial charge in [-0.05, 0) is 123 Å². The van der Waals surface area contributed by atoms with Crippen molar-refractivity contribution < 1.29 is 4.74 Å². The smallest absolute Gasteiger partial charge is 0.179 e.